The van der Waals surface area contributed by atoms with Crippen LogP contribution >= 0.6 is 0 Å². The predicted molar refractivity (Wildman–Crippen MR) is 51.4 cm³/mol. The fourth-order valence-corrected chi connectivity index (χ4v) is 1.02. The molecule has 0 heterocycles. The average molecular weight is 197 g/mol. The van der Waals surface area contributed by atoms with E-state index in [-0.39, 0.29) is 0 Å². The van der Waals surface area contributed by atoms with E-state index in [1.54, 1.807) is 6.07 Å². The summed E-state index contributed by atoms with van der Waals surface area (Å²) in [6.45, 7) is 1.99. The van der Waals surface area contributed by atoms with Gasteiger partial charge in [0, 0.05) is 0 Å². The number of hydrogen-bond acceptors (Lipinski definition) is 3. The molecule has 0 saturated heterocycles. The highest BCUT2D eigenvalue weighted by atomic mass is 16.4. The Morgan fingerprint density at radius 1 is 1.57 bits per heavy atom. The van der Waals surface area contributed by atoms with Gasteiger partial charge in [0.15, 0.2) is 5.92 Å². The number of carbonyl (C=O) groups is 1. The first-order valence-electron chi connectivity index (χ1n) is 4.59. The van der Waals surface area contributed by atoms with E-state index in [0.717, 1.165) is 6.42 Å². The fourth-order valence-electron chi connectivity index (χ4n) is 1.02. The van der Waals surface area contributed by atoms with Gasteiger partial charge in [-0.1, -0.05) is 19.1 Å². The highest BCUT2D eigenvalue weighted by Crippen LogP contribution is 2.09. The van der Waals surface area contributed by atoms with Crippen molar-refractivity contribution in [3.63, 3.8) is 0 Å². The van der Waals surface area contributed by atoms with Crippen molar-refractivity contribution in [1.29, 1.82) is 5.26 Å². The molecule has 2 atom stereocenters. The monoisotopic (exact) mass is 197 g/mol. The van der Waals surface area contributed by atoms with Gasteiger partial charge in [0.25, 0.3) is 0 Å². The molecule has 0 amide bonds. The molecule has 14 heavy (non-hydrogen) atoms. The SMILES string of the molecule is CCC=CCCC(O)C(C#N)C(=O)O. The van der Waals surface area contributed by atoms with E-state index in [4.69, 9.17) is 10.4 Å². The second kappa shape index (κ2) is 7.10. The Balaban J connectivity index is 3.94. The zero-order valence-electron chi connectivity index (χ0n) is 8.18. The molecule has 0 aromatic carbocycles. The van der Waals surface area contributed by atoms with Crippen molar-refractivity contribution in [3.8, 4) is 6.07 Å². The molecule has 0 radical (unpaired) electrons. The van der Waals surface area contributed by atoms with Crippen LogP contribution in [0.4, 0.5) is 0 Å². The van der Waals surface area contributed by atoms with Gasteiger partial charge in [-0.05, 0) is 19.3 Å². The second-order valence-electron chi connectivity index (χ2n) is 2.97. The number of carboxylic acid groups (broad SMARTS) is 1. The number of nitrogens with zero attached hydrogens (tertiary/aromatic N) is 1. The molecular formula is C10H15NO3. The molecule has 2 N–H and O–H groups in total. The maximum atomic E-state index is 10.5. The smallest absolute Gasteiger partial charge is 0.323 e. The molecule has 4 heteroatoms. The number of nitriles is 1. The highest BCUT2D eigenvalue weighted by molar-refractivity contribution is 5.73. The lowest BCUT2D eigenvalue weighted by Gasteiger charge is -2.10. The van der Waals surface area contributed by atoms with E-state index in [2.05, 4.69) is 0 Å². The van der Waals surface area contributed by atoms with Gasteiger partial charge in [-0.3, -0.25) is 4.79 Å². The quantitative estimate of drug-likeness (QED) is 0.629. The third-order valence-corrected chi connectivity index (χ3v) is 1.82. The van der Waals surface area contributed by atoms with Crippen LogP contribution < -0.4 is 0 Å². The Morgan fingerprint density at radius 3 is 2.64 bits per heavy atom. The first-order chi connectivity index (χ1) is 6.63. The molecule has 0 aromatic rings. The van der Waals surface area contributed by atoms with Crippen LogP contribution in [0.25, 0.3) is 0 Å². The summed E-state index contributed by atoms with van der Waals surface area (Å²) in [4.78, 5) is 10.5. The number of aliphatic hydroxyl groups excluding tert-OH is 1. The standard InChI is InChI=1S/C10H15NO3/c1-2-3-4-5-6-9(12)8(7-11)10(13)14/h3-4,8-9,12H,2,5-6H2,1H3,(H,13,14). The molecule has 0 bridgehead atoms. The fraction of sp³-hybridized carbons (Fsp3) is 0.600. The van der Waals surface area contributed by atoms with E-state index in [0.29, 0.717) is 12.8 Å². The summed E-state index contributed by atoms with van der Waals surface area (Å²) in [7, 11) is 0. The van der Waals surface area contributed by atoms with Gasteiger partial charge in [-0.15, -0.1) is 0 Å². The number of carboxylic acids is 1. The van der Waals surface area contributed by atoms with Crippen LogP contribution in [-0.2, 0) is 4.79 Å². The minimum atomic E-state index is -1.31. The Labute approximate surface area is 83.5 Å². The minimum absolute atomic E-state index is 0.307. The molecule has 0 saturated carbocycles. The normalized spacial score (nSPS) is 14.9. The van der Waals surface area contributed by atoms with Crippen molar-refractivity contribution < 1.29 is 15.0 Å². The molecule has 78 valence electrons. The molecule has 0 aliphatic heterocycles. The van der Waals surface area contributed by atoms with Crippen molar-refractivity contribution in [2.45, 2.75) is 32.3 Å². The zero-order chi connectivity index (χ0) is 11.0. The molecule has 0 aliphatic rings. The minimum Gasteiger partial charge on any atom is -0.480 e. The topological polar surface area (TPSA) is 81.3 Å². The first-order valence-corrected chi connectivity index (χ1v) is 4.59. The average Bonchev–Trinajstić information content (AvgIpc) is 2.13. The van der Waals surface area contributed by atoms with Gasteiger partial charge >= 0.3 is 5.97 Å². The molecule has 2 unspecified atom stereocenters. The van der Waals surface area contributed by atoms with E-state index in [9.17, 15) is 9.90 Å². The first kappa shape index (κ1) is 12.7. The maximum Gasteiger partial charge on any atom is 0.323 e. The van der Waals surface area contributed by atoms with Crippen molar-refractivity contribution in [1.82, 2.24) is 0 Å². The number of allylic oxidation sites excluding steroid dienone is 2. The molecule has 0 rings (SSSR count). The molecule has 0 fully saturated rings. The van der Waals surface area contributed by atoms with Crippen molar-refractivity contribution >= 4 is 5.97 Å². The van der Waals surface area contributed by atoms with Crippen LogP contribution in [-0.4, -0.2) is 22.3 Å². The highest BCUT2D eigenvalue weighted by Gasteiger charge is 2.25. The van der Waals surface area contributed by atoms with Crippen LogP contribution in [0.3, 0.4) is 0 Å². The number of rotatable bonds is 6. The molecule has 0 aliphatic carbocycles. The lowest BCUT2D eigenvalue weighted by atomic mass is 10.00. The Morgan fingerprint density at radius 2 is 2.21 bits per heavy atom. The van der Waals surface area contributed by atoms with E-state index in [1.165, 1.54) is 0 Å². The van der Waals surface area contributed by atoms with Gasteiger partial charge in [-0.25, -0.2) is 0 Å². The zero-order valence-corrected chi connectivity index (χ0v) is 8.18. The molecule has 0 aromatic heterocycles. The summed E-state index contributed by atoms with van der Waals surface area (Å²) in [6, 6.07) is 1.57. The Bertz CT molecular complexity index is 242. The Hall–Kier alpha value is -1.34. The molecular weight excluding hydrogens is 182 g/mol. The number of aliphatic hydroxyl groups is 1. The summed E-state index contributed by atoms with van der Waals surface area (Å²) in [5.41, 5.74) is 0. The summed E-state index contributed by atoms with van der Waals surface area (Å²) in [5.74, 6) is -2.58. The van der Waals surface area contributed by atoms with Crippen LogP contribution in [0.2, 0.25) is 0 Å². The lowest BCUT2D eigenvalue weighted by Crippen LogP contribution is -2.26. The molecule has 0 spiro atoms. The van der Waals surface area contributed by atoms with Gasteiger partial charge in [0.2, 0.25) is 0 Å². The number of hydrogen-bond donors (Lipinski definition) is 2. The van der Waals surface area contributed by atoms with E-state index >= 15 is 0 Å². The van der Waals surface area contributed by atoms with Crippen LogP contribution in [0.5, 0.6) is 0 Å². The predicted octanol–water partition coefficient (Wildman–Crippen LogP) is 1.32. The van der Waals surface area contributed by atoms with Gasteiger partial charge in [-0.2, -0.15) is 5.26 Å². The van der Waals surface area contributed by atoms with E-state index < -0.39 is 18.0 Å². The van der Waals surface area contributed by atoms with Crippen LogP contribution in [0, 0.1) is 17.2 Å². The number of aliphatic carboxylic acids is 1. The summed E-state index contributed by atoms with van der Waals surface area (Å²) >= 11 is 0. The van der Waals surface area contributed by atoms with Crippen molar-refractivity contribution in [2.75, 3.05) is 0 Å². The van der Waals surface area contributed by atoms with Gasteiger partial charge < -0.3 is 10.2 Å². The van der Waals surface area contributed by atoms with E-state index in [1.807, 2.05) is 19.1 Å². The Kier molecular flexibility index (Phi) is 6.42. The van der Waals surface area contributed by atoms with Crippen molar-refractivity contribution in [2.24, 2.45) is 5.92 Å². The third kappa shape index (κ3) is 4.63. The largest absolute Gasteiger partial charge is 0.480 e. The van der Waals surface area contributed by atoms with Crippen LogP contribution in [0.15, 0.2) is 12.2 Å². The summed E-state index contributed by atoms with van der Waals surface area (Å²) in [5, 5.41) is 26.3. The lowest BCUT2D eigenvalue weighted by molar-refractivity contribution is -0.143. The van der Waals surface area contributed by atoms with Crippen molar-refractivity contribution in [3.05, 3.63) is 12.2 Å². The van der Waals surface area contributed by atoms with Gasteiger partial charge in [0.05, 0.1) is 12.2 Å². The maximum absolute atomic E-state index is 10.5. The molecule has 4 nitrogen and oxygen atoms in total. The van der Waals surface area contributed by atoms with Gasteiger partial charge in [0.1, 0.15) is 0 Å². The second-order valence-corrected chi connectivity index (χ2v) is 2.97. The summed E-state index contributed by atoms with van der Waals surface area (Å²) < 4.78 is 0. The van der Waals surface area contributed by atoms with Crippen LogP contribution in [0.1, 0.15) is 26.2 Å². The third-order valence-electron chi connectivity index (χ3n) is 1.82. The summed E-state index contributed by atoms with van der Waals surface area (Å²) in [6.07, 6.45) is 4.55.